The number of hydrogen-bond acceptors (Lipinski definition) is 4. The molecule has 0 aromatic heterocycles. The lowest BCUT2D eigenvalue weighted by atomic mass is 10.1. The molecule has 0 atom stereocenters. The summed E-state index contributed by atoms with van der Waals surface area (Å²) in [7, 11) is -3.17. The fraction of sp³-hybridized carbons (Fsp3) is 0.500. The van der Waals surface area contributed by atoms with Gasteiger partial charge in [0.05, 0.1) is 17.1 Å². The molecule has 0 radical (unpaired) electrons. The van der Waals surface area contributed by atoms with Crippen LogP contribution in [-0.4, -0.2) is 51.2 Å². The largest absolute Gasteiger partial charge is 0.340 e. The number of carbonyl (C=O) groups excluding carboxylic acids is 1. The van der Waals surface area contributed by atoms with Crippen molar-refractivity contribution >= 4 is 15.7 Å². The topological polar surface area (TPSA) is 66.5 Å². The highest BCUT2D eigenvalue weighted by molar-refractivity contribution is 7.91. The van der Waals surface area contributed by atoms with Gasteiger partial charge < -0.3 is 10.2 Å². The van der Waals surface area contributed by atoms with E-state index in [2.05, 4.69) is 5.32 Å². The molecule has 110 valence electrons. The third-order valence-electron chi connectivity index (χ3n) is 3.49. The average Bonchev–Trinajstić information content (AvgIpc) is 2.48. The lowest BCUT2D eigenvalue weighted by Gasteiger charge is -2.27. The number of rotatable bonds is 4. The van der Waals surface area contributed by atoms with Gasteiger partial charge in [0.1, 0.15) is 0 Å². The van der Waals surface area contributed by atoms with Gasteiger partial charge in [-0.1, -0.05) is 19.1 Å². The lowest BCUT2D eigenvalue weighted by molar-refractivity contribution is -0.131. The Morgan fingerprint density at radius 2 is 1.80 bits per heavy atom. The molecule has 1 aromatic carbocycles. The van der Waals surface area contributed by atoms with Crippen LogP contribution in [0.4, 0.5) is 0 Å². The third-order valence-corrected chi connectivity index (χ3v) is 5.24. The Morgan fingerprint density at radius 1 is 1.20 bits per heavy atom. The minimum atomic E-state index is -3.17. The number of nitrogens with zero attached hydrogens (tertiary/aromatic N) is 1. The molecule has 0 saturated carbocycles. The molecule has 1 heterocycles. The Morgan fingerprint density at radius 3 is 2.35 bits per heavy atom. The average molecular weight is 296 g/mol. The summed E-state index contributed by atoms with van der Waals surface area (Å²) in [6.07, 6.45) is 0.326. The highest BCUT2D eigenvalue weighted by atomic mass is 32.2. The molecule has 1 amide bonds. The number of sulfone groups is 1. The monoisotopic (exact) mass is 296 g/mol. The molecule has 5 nitrogen and oxygen atoms in total. The summed E-state index contributed by atoms with van der Waals surface area (Å²) in [6, 6.07) is 6.61. The van der Waals surface area contributed by atoms with E-state index < -0.39 is 9.84 Å². The van der Waals surface area contributed by atoms with Gasteiger partial charge in [-0.3, -0.25) is 4.79 Å². The van der Waals surface area contributed by atoms with Crippen molar-refractivity contribution in [1.29, 1.82) is 0 Å². The van der Waals surface area contributed by atoms with Crippen molar-refractivity contribution < 1.29 is 13.2 Å². The van der Waals surface area contributed by atoms with E-state index in [4.69, 9.17) is 0 Å². The van der Waals surface area contributed by atoms with Crippen molar-refractivity contribution in [2.45, 2.75) is 18.2 Å². The van der Waals surface area contributed by atoms with E-state index in [1.165, 1.54) is 0 Å². The Balaban J connectivity index is 2.02. The second kappa shape index (κ2) is 6.37. The zero-order valence-corrected chi connectivity index (χ0v) is 12.4. The van der Waals surface area contributed by atoms with Gasteiger partial charge in [-0.25, -0.2) is 8.42 Å². The SMILES string of the molecule is CCS(=O)(=O)c1ccc(CC(=O)N2CCNCC2)cc1. The summed E-state index contributed by atoms with van der Waals surface area (Å²) in [5, 5.41) is 3.20. The Bertz CT molecular complexity index is 561. The molecule has 1 saturated heterocycles. The van der Waals surface area contributed by atoms with Gasteiger partial charge in [-0.05, 0) is 17.7 Å². The first-order valence-corrected chi connectivity index (χ1v) is 8.48. The van der Waals surface area contributed by atoms with Gasteiger partial charge in [0.2, 0.25) is 5.91 Å². The summed E-state index contributed by atoms with van der Waals surface area (Å²) >= 11 is 0. The molecule has 2 rings (SSSR count). The molecule has 1 aliphatic rings. The van der Waals surface area contributed by atoms with E-state index in [1.54, 1.807) is 31.2 Å². The fourth-order valence-electron chi connectivity index (χ4n) is 2.18. The van der Waals surface area contributed by atoms with Gasteiger partial charge in [0, 0.05) is 26.2 Å². The first-order chi connectivity index (χ1) is 9.53. The van der Waals surface area contributed by atoms with Gasteiger partial charge >= 0.3 is 0 Å². The van der Waals surface area contributed by atoms with Crippen LogP contribution in [0.2, 0.25) is 0 Å². The van der Waals surface area contributed by atoms with Crippen LogP contribution in [0.25, 0.3) is 0 Å². The van der Waals surface area contributed by atoms with Gasteiger partial charge in [0.15, 0.2) is 9.84 Å². The van der Waals surface area contributed by atoms with Gasteiger partial charge in [0.25, 0.3) is 0 Å². The molecule has 6 heteroatoms. The molecule has 1 fully saturated rings. The Kier molecular flexibility index (Phi) is 4.77. The zero-order chi connectivity index (χ0) is 14.6. The number of benzene rings is 1. The standard InChI is InChI=1S/C14H20N2O3S/c1-2-20(18,19)13-5-3-12(4-6-13)11-14(17)16-9-7-15-8-10-16/h3-6,15H,2,7-11H2,1H3. The highest BCUT2D eigenvalue weighted by Crippen LogP contribution is 2.13. The van der Waals surface area contributed by atoms with Gasteiger partial charge in [-0.15, -0.1) is 0 Å². The summed E-state index contributed by atoms with van der Waals surface area (Å²) in [4.78, 5) is 14.2. The minimum absolute atomic E-state index is 0.0893. The summed E-state index contributed by atoms with van der Waals surface area (Å²) < 4.78 is 23.4. The third kappa shape index (κ3) is 3.58. The van der Waals surface area contributed by atoms with E-state index in [1.807, 2.05) is 4.90 Å². The first kappa shape index (κ1) is 15.0. The van der Waals surface area contributed by atoms with Crippen molar-refractivity contribution in [3.8, 4) is 0 Å². The molecule has 0 spiro atoms. The minimum Gasteiger partial charge on any atom is -0.340 e. The number of carbonyl (C=O) groups is 1. The second-order valence-electron chi connectivity index (χ2n) is 4.85. The Labute approximate surface area is 119 Å². The van der Waals surface area contributed by atoms with Crippen molar-refractivity contribution in [2.24, 2.45) is 0 Å². The fourth-order valence-corrected chi connectivity index (χ4v) is 3.07. The van der Waals surface area contributed by atoms with Crippen molar-refractivity contribution in [3.05, 3.63) is 29.8 Å². The molecule has 20 heavy (non-hydrogen) atoms. The second-order valence-corrected chi connectivity index (χ2v) is 7.13. The van der Waals surface area contributed by atoms with Crippen LogP contribution < -0.4 is 5.32 Å². The first-order valence-electron chi connectivity index (χ1n) is 6.83. The van der Waals surface area contributed by atoms with Crippen LogP contribution in [0.3, 0.4) is 0 Å². The zero-order valence-electron chi connectivity index (χ0n) is 11.6. The molecule has 0 bridgehead atoms. The maximum Gasteiger partial charge on any atom is 0.227 e. The summed E-state index contributed by atoms with van der Waals surface area (Å²) in [5.74, 6) is 0.184. The molecule has 1 aliphatic heterocycles. The molecule has 1 N–H and O–H groups in total. The smallest absolute Gasteiger partial charge is 0.227 e. The summed E-state index contributed by atoms with van der Waals surface area (Å²) in [6.45, 7) is 4.76. The Hall–Kier alpha value is -1.40. The summed E-state index contributed by atoms with van der Waals surface area (Å²) in [5.41, 5.74) is 0.851. The van der Waals surface area contributed by atoms with Crippen LogP contribution in [-0.2, 0) is 21.1 Å². The molecule has 0 unspecified atom stereocenters. The number of amides is 1. The highest BCUT2D eigenvalue weighted by Gasteiger charge is 2.17. The maximum atomic E-state index is 12.1. The van der Waals surface area contributed by atoms with Crippen LogP contribution in [0.5, 0.6) is 0 Å². The predicted molar refractivity (Wildman–Crippen MR) is 77.3 cm³/mol. The normalized spacial score (nSPS) is 16.1. The van der Waals surface area contributed by atoms with Crippen molar-refractivity contribution in [1.82, 2.24) is 10.2 Å². The van der Waals surface area contributed by atoms with Crippen LogP contribution in [0.1, 0.15) is 12.5 Å². The van der Waals surface area contributed by atoms with E-state index in [0.717, 1.165) is 31.7 Å². The number of piperazine rings is 1. The van der Waals surface area contributed by atoms with Crippen LogP contribution in [0, 0.1) is 0 Å². The van der Waals surface area contributed by atoms with E-state index >= 15 is 0 Å². The molecular weight excluding hydrogens is 276 g/mol. The number of hydrogen-bond donors (Lipinski definition) is 1. The quantitative estimate of drug-likeness (QED) is 0.876. The molecular formula is C14H20N2O3S. The maximum absolute atomic E-state index is 12.1. The van der Waals surface area contributed by atoms with Crippen molar-refractivity contribution in [2.75, 3.05) is 31.9 Å². The van der Waals surface area contributed by atoms with E-state index in [0.29, 0.717) is 11.3 Å². The number of nitrogens with one attached hydrogen (secondary N) is 1. The van der Waals surface area contributed by atoms with Crippen molar-refractivity contribution in [3.63, 3.8) is 0 Å². The van der Waals surface area contributed by atoms with E-state index in [9.17, 15) is 13.2 Å². The predicted octanol–water partition coefficient (Wildman–Crippen LogP) is 0.455. The molecule has 1 aromatic rings. The van der Waals surface area contributed by atoms with Crippen LogP contribution in [0.15, 0.2) is 29.2 Å². The van der Waals surface area contributed by atoms with E-state index in [-0.39, 0.29) is 11.7 Å². The van der Waals surface area contributed by atoms with Crippen LogP contribution >= 0.6 is 0 Å². The van der Waals surface area contributed by atoms with Gasteiger partial charge in [-0.2, -0.15) is 0 Å². The lowest BCUT2D eigenvalue weighted by Crippen LogP contribution is -2.46. The molecule has 0 aliphatic carbocycles.